The molecule has 0 saturated heterocycles. The van der Waals surface area contributed by atoms with Crippen molar-refractivity contribution in [1.29, 1.82) is 0 Å². The van der Waals surface area contributed by atoms with Gasteiger partial charge in [-0.15, -0.1) is 0 Å². The van der Waals surface area contributed by atoms with Crippen LogP contribution in [-0.2, 0) is 11.8 Å². The zero-order valence-corrected chi connectivity index (χ0v) is 8.22. The van der Waals surface area contributed by atoms with Crippen molar-refractivity contribution in [1.82, 2.24) is 9.78 Å². The van der Waals surface area contributed by atoms with Crippen LogP contribution in [0.4, 0.5) is 0 Å². The number of nitrogens with zero attached hydrogens (tertiary/aromatic N) is 2. The van der Waals surface area contributed by atoms with Crippen molar-refractivity contribution in [2.24, 2.45) is 12.8 Å². The maximum absolute atomic E-state index is 10.8. The zero-order valence-electron chi connectivity index (χ0n) is 7.47. The van der Waals surface area contributed by atoms with Crippen LogP contribution in [0.1, 0.15) is 11.3 Å². The van der Waals surface area contributed by atoms with E-state index >= 15 is 0 Å². The third-order valence-corrected chi connectivity index (χ3v) is 2.19. The number of rotatable bonds is 2. The van der Waals surface area contributed by atoms with Crippen LogP contribution in [-0.4, -0.2) is 15.7 Å². The Balaban J connectivity index is 3.29. The summed E-state index contributed by atoms with van der Waals surface area (Å²) < 4.78 is 1.47. The van der Waals surface area contributed by atoms with Gasteiger partial charge in [-0.05, 0) is 6.92 Å². The first kappa shape index (κ1) is 9.80. The highest BCUT2D eigenvalue weighted by Gasteiger charge is 2.17. The molecule has 0 aliphatic heterocycles. The van der Waals surface area contributed by atoms with Crippen molar-refractivity contribution in [3.8, 4) is 0 Å². The maximum atomic E-state index is 10.8. The number of carbonyl (C=O) groups is 1. The molecule has 5 heteroatoms. The highest BCUT2D eigenvalue weighted by atomic mass is 35.5. The molecule has 0 radical (unpaired) electrons. The minimum Gasteiger partial charge on any atom is -0.366 e. The Morgan fingerprint density at radius 2 is 2.23 bits per heavy atom. The molecule has 70 valence electrons. The second-order valence-corrected chi connectivity index (χ2v) is 3.08. The van der Waals surface area contributed by atoms with Crippen molar-refractivity contribution in [3.05, 3.63) is 23.0 Å². The topological polar surface area (TPSA) is 60.9 Å². The molecule has 0 spiro atoms. The van der Waals surface area contributed by atoms with Crippen LogP contribution in [0.25, 0.3) is 5.57 Å². The fourth-order valence-corrected chi connectivity index (χ4v) is 1.38. The summed E-state index contributed by atoms with van der Waals surface area (Å²) in [5.74, 6) is -0.585. The van der Waals surface area contributed by atoms with Crippen molar-refractivity contribution in [2.75, 3.05) is 0 Å². The number of carbonyl (C=O) groups excluding carboxylic acids is 1. The molecular weight excluding hydrogens is 190 g/mol. The Morgan fingerprint density at radius 1 is 1.69 bits per heavy atom. The first-order valence-corrected chi connectivity index (χ1v) is 4.01. The summed E-state index contributed by atoms with van der Waals surface area (Å²) in [6, 6.07) is 0. The minimum atomic E-state index is -0.585. The predicted molar refractivity (Wildman–Crippen MR) is 51.2 cm³/mol. The predicted octanol–water partition coefficient (Wildman–Crippen LogP) is 0.880. The first-order valence-electron chi connectivity index (χ1n) is 3.63. The second-order valence-electron chi connectivity index (χ2n) is 2.72. The average molecular weight is 200 g/mol. The molecule has 1 rings (SSSR count). The molecule has 0 bridgehead atoms. The zero-order chi connectivity index (χ0) is 10.2. The molecule has 1 aromatic heterocycles. The van der Waals surface area contributed by atoms with E-state index in [0.717, 1.165) is 0 Å². The van der Waals surface area contributed by atoms with Crippen LogP contribution < -0.4 is 5.73 Å². The lowest BCUT2D eigenvalue weighted by Gasteiger charge is -1.99. The fraction of sp³-hybridized carbons (Fsp3) is 0.250. The Labute approximate surface area is 81.0 Å². The van der Waals surface area contributed by atoms with Crippen LogP contribution in [0.3, 0.4) is 0 Å². The molecule has 0 aliphatic rings. The van der Waals surface area contributed by atoms with Gasteiger partial charge in [0.2, 0.25) is 5.91 Å². The average Bonchev–Trinajstić information content (AvgIpc) is 2.26. The van der Waals surface area contributed by atoms with Crippen molar-refractivity contribution in [2.45, 2.75) is 6.92 Å². The Kier molecular flexibility index (Phi) is 2.43. The lowest BCUT2D eigenvalue weighted by molar-refractivity contribution is -0.112. The van der Waals surface area contributed by atoms with E-state index in [9.17, 15) is 4.79 Å². The summed E-state index contributed by atoms with van der Waals surface area (Å²) in [5, 5.41) is 4.41. The van der Waals surface area contributed by atoms with Crippen LogP contribution in [0.2, 0.25) is 5.15 Å². The van der Waals surface area contributed by atoms with Crippen LogP contribution in [0.5, 0.6) is 0 Å². The van der Waals surface area contributed by atoms with Crippen LogP contribution in [0, 0.1) is 6.92 Å². The van der Waals surface area contributed by atoms with Crippen molar-refractivity contribution < 1.29 is 4.79 Å². The summed E-state index contributed by atoms with van der Waals surface area (Å²) in [5.41, 5.74) is 6.45. The number of aryl methyl sites for hydroxylation is 2. The molecule has 4 nitrogen and oxygen atoms in total. The summed E-state index contributed by atoms with van der Waals surface area (Å²) in [4.78, 5) is 10.8. The monoisotopic (exact) mass is 199 g/mol. The second kappa shape index (κ2) is 3.22. The van der Waals surface area contributed by atoms with Gasteiger partial charge < -0.3 is 5.73 Å². The van der Waals surface area contributed by atoms with Crippen molar-refractivity contribution in [3.63, 3.8) is 0 Å². The lowest BCUT2D eigenvalue weighted by atomic mass is 10.1. The Morgan fingerprint density at radius 3 is 2.54 bits per heavy atom. The van der Waals surface area contributed by atoms with Crippen molar-refractivity contribution >= 4 is 23.1 Å². The van der Waals surface area contributed by atoms with E-state index < -0.39 is 5.91 Å². The summed E-state index contributed by atoms with van der Waals surface area (Å²) in [6.45, 7) is 5.29. The van der Waals surface area contributed by atoms with Gasteiger partial charge in [0.05, 0.1) is 5.69 Å². The smallest absolute Gasteiger partial charge is 0.248 e. The van der Waals surface area contributed by atoms with E-state index in [1.807, 2.05) is 0 Å². The van der Waals surface area contributed by atoms with E-state index in [4.69, 9.17) is 17.3 Å². The molecule has 1 aromatic rings. The number of nitrogens with two attached hydrogens (primary N) is 1. The summed E-state index contributed by atoms with van der Waals surface area (Å²) in [7, 11) is 1.69. The Bertz CT molecular complexity index is 381. The molecule has 0 fully saturated rings. The van der Waals surface area contributed by atoms with Gasteiger partial charge in [0.1, 0.15) is 5.15 Å². The number of hydrogen-bond acceptors (Lipinski definition) is 2. The molecule has 0 saturated carbocycles. The van der Waals surface area contributed by atoms with Gasteiger partial charge in [0, 0.05) is 18.2 Å². The summed E-state index contributed by atoms with van der Waals surface area (Å²) in [6.07, 6.45) is 0. The minimum absolute atomic E-state index is 0.190. The standard InChI is InChI=1S/C8H10ClN3O/c1-4(8(10)13)6-5(2)11-12(3)7(6)9/h1H2,2-3H3,(H2,10,13). The fourth-order valence-electron chi connectivity index (χ4n) is 1.10. The molecule has 2 N–H and O–H groups in total. The highest BCUT2D eigenvalue weighted by Crippen LogP contribution is 2.24. The SMILES string of the molecule is C=C(C(N)=O)c1c(C)nn(C)c1Cl. The van der Waals surface area contributed by atoms with E-state index in [-0.39, 0.29) is 5.57 Å². The summed E-state index contributed by atoms with van der Waals surface area (Å²) >= 11 is 5.88. The Hall–Kier alpha value is -1.29. The van der Waals surface area contributed by atoms with Gasteiger partial charge in [-0.3, -0.25) is 9.48 Å². The van der Waals surface area contributed by atoms with Crippen LogP contribution >= 0.6 is 11.6 Å². The normalized spacial score (nSPS) is 10.1. The lowest BCUT2D eigenvalue weighted by Crippen LogP contribution is -2.12. The molecule has 0 aliphatic carbocycles. The molecule has 0 aromatic carbocycles. The van der Waals surface area contributed by atoms with Gasteiger partial charge in [-0.25, -0.2) is 0 Å². The van der Waals surface area contributed by atoms with E-state index in [2.05, 4.69) is 11.7 Å². The first-order chi connectivity index (χ1) is 5.95. The van der Waals surface area contributed by atoms with E-state index in [0.29, 0.717) is 16.4 Å². The van der Waals surface area contributed by atoms with E-state index in [1.165, 1.54) is 4.68 Å². The number of primary amides is 1. The number of amides is 1. The molecular formula is C8H10ClN3O. The van der Waals surface area contributed by atoms with Gasteiger partial charge in [-0.1, -0.05) is 18.2 Å². The third kappa shape index (κ3) is 1.58. The van der Waals surface area contributed by atoms with Gasteiger partial charge in [0.25, 0.3) is 0 Å². The van der Waals surface area contributed by atoms with Crippen LogP contribution in [0.15, 0.2) is 6.58 Å². The number of hydrogen-bond donors (Lipinski definition) is 1. The molecule has 0 atom stereocenters. The third-order valence-electron chi connectivity index (χ3n) is 1.75. The van der Waals surface area contributed by atoms with Gasteiger partial charge in [0.15, 0.2) is 0 Å². The largest absolute Gasteiger partial charge is 0.366 e. The maximum Gasteiger partial charge on any atom is 0.248 e. The van der Waals surface area contributed by atoms with Gasteiger partial charge >= 0.3 is 0 Å². The molecule has 13 heavy (non-hydrogen) atoms. The molecule has 0 unspecified atom stereocenters. The number of aromatic nitrogens is 2. The quantitative estimate of drug-likeness (QED) is 0.719. The van der Waals surface area contributed by atoms with E-state index in [1.54, 1.807) is 14.0 Å². The molecule has 1 heterocycles. The number of halogens is 1. The van der Waals surface area contributed by atoms with Gasteiger partial charge in [-0.2, -0.15) is 5.10 Å². The molecule has 1 amide bonds. The highest BCUT2D eigenvalue weighted by molar-refractivity contribution is 6.34.